The molecule has 1 fully saturated rings. The Balaban J connectivity index is 1.37. The van der Waals surface area contributed by atoms with E-state index >= 15 is 0 Å². The van der Waals surface area contributed by atoms with Crippen molar-refractivity contribution >= 4 is 27.5 Å². The maximum atomic E-state index is 12.2. The molecule has 0 bridgehead atoms. The number of thiazole rings is 1. The Morgan fingerprint density at radius 3 is 2.88 bits per heavy atom. The van der Waals surface area contributed by atoms with Crippen molar-refractivity contribution in [3.8, 4) is 10.9 Å². The molecule has 1 aliphatic heterocycles. The number of hydrogen-bond donors (Lipinski definition) is 0. The van der Waals surface area contributed by atoms with Crippen LogP contribution >= 0.6 is 11.3 Å². The predicted octanol–water partition coefficient (Wildman–Crippen LogP) is 2.98. The number of fused-ring (bicyclic) bond motifs is 1. The molecule has 0 unspecified atom stereocenters. The second kappa shape index (κ2) is 6.72. The number of piperidine rings is 1. The minimum absolute atomic E-state index is 0.0567. The molecule has 25 heavy (non-hydrogen) atoms. The van der Waals surface area contributed by atoms with Gasteiger partial charge in [0, 0.05) is 32.0 Å². The van der Waals surface area contributed by atoms with Gasteiger partial charge in [0.25, 0.3) is 11.1 Å². The van der Waals surface area contributed by atoms with E-state index in [1.807, 2.05) is 18.2 Å². The zero-order valence-corrected chi connectivity index (χ0v) is 14.5. The molecule has 0 saturated carbocycles. The first-order chi connectivity index (χ1) is 12.2. The highest BCUT2D eigenvalue weighted by Gasteiger charge is 2.27. The van der Waals surface area contributed by atoms with E-state index in [9.17, 15) is 4.79 Å². The average molecular weight is 359 g/mol. The number of methoxy groups -OCH3 is 1. The lowest BCUT2D eigenvalue weighted by molar-refractivity contribution is 0.0558. The number of amides is 1. The number of nitrogens with zero attached hydrogens (tertiary/aromatic N) is 3. The number of likely N-dealkylation sites (tertiary alicyclic amines) is 1. The number of benzene rings is 1. The highest BCUT2D eigenvalue weighted by molar-refractivity contribution is 7.20. The molecule has 1 aromatic carbocycles. The van der Waals surface area contributed by atoms with Gasteiger partial charge in [-0.05, 0) is 18.2 Å². The Hall–Kier alpha value is -2.61. The summed E-state index contributed by atoms with van der Waals surface area (Å²) >= 11 is 1.51. The van der Waals surface area contributed by atoms with E-state index in [-0.39, 0.29) is 17.8 Å². The third kappa shape index (κ3) is 3.30. The number of ether oxygens (including phenoxy) is 2. The first-order valence-electron chi connectivity index (χ1n) is 8.04. The van der Waals surface area contributed by atoms with E-state index in [1.54, 1.807) is 18.1 Å². The van der Waals surface area contributed by atoms with Gasteiger partial charge >= 0.3 is 0 Å². The van der Waals surface area contributed by atoms with Gasteiger partial charge in [-0.1, -0.05) is 16.5 Å². The maximum absolute atomic E-state index is 12.2. The van der Waals surface area contributed by atoms with Crippen LogP contribution in [0.3, 0.4) is 0 Å². The van der Waals surface area contributed by atoms with Crippen molar-refractivity contribution in [2.75, 3.05) is 20.2 Å². The highest BCUT2D eigenvalue weighted by atomic mass is 32.1. The van der Waals surface area contributed by atoms with E-state index in [4.69, 9.17) is 14.0 Å². The van der Waals surface area contributed by atoms with Crippen molar-refractivity contribution in [1.82, 2.24) is 15.0 Å². The molecule has 3 aromatic rings. The molecule has 3 heterocycles. The molecular formula is C17H17N3O4S. The summed E-state index contributed by atoms with van der Waals surface area (Å²) in [6.45, 7) is 1.26. The predicted molar refractivity (Wildman–Crippen MR) is 92.2 cm³/mol. The first-order valence-corrected chi connectivity index (χ1v) is 8.86. The second-order valence-electron chi connectivity index (χ2n) is 5.80. The summed E-state index contributed by atoms with van der Waals surface area (Å²) in [5.41, 5.74) is 0.902. The van der Waals surface area contributed by atoms with Crippen molar-refractivity contribution in [1.29, 1.82) is 0 Å². The molecule has 1 amide bonds. The Bertz CT molecular complexity index is 869. The number of carbonyl (C=O) groups is 1. The van der Waals surface area contributed by atoms with Gasteiger partial charge in [-0.15, -0.1) is 0 Å². The van der Waals surface area contributed by atoms with Crippen molar-refractivity contribution in [3.05, 3.63) is 36.2 Å². The van der Waals surface area contributed by atoms with E-state index < -0.39 is 0 Å². The van der Waals surface area contributed by atoms with Crippen LogP contribution in [-0.2, 0) is 0 Å². The molecule has 7 nitrogen and oxygen atoms in total. The van der Waals surface area contributed by atoms with E-state index in [0.29, 0.717) is 18.3 Å². The fraction of sp³-hybridized carbons (Fsp3) is 0.353. The number of carbonyl (C=O) groups excluding carboxylic acids is 1. The number of hydrogen-bond acceptors (Lipinski definition) is 7. The van der Waals surface area contributed by atoms with E-state index in [0.717, 1.165) is 28.8 Å². The number of rotatable bonds is 4. The zero-order valence-electron chi connectivity index (χ0n) is 13.7. The van der Waals surface area contributed by atoms with Crippen molar-refractivity contribution < 1.29 is 18.8 Å². The summed E-state index contributed by atoms with van der Waals surface area (Å²) in [6.07, 6.45) is 3.06. The molecule has 8 heteroatoms. The SMILES string of the molecule is COc1ccc2nc(OC3CCN(C(=O)c4ccno4)CC3)sc2c1. The van der Waals surface area contributed by atoms with Gasteiger partial charge in [-0.25, -0.2) is 4.98 Å². The average Bonchev–Trinajstić information content (AvgIpc) is 3.30. The maximum Gasteiger partial charge on any atom is 0.292 e. The summed E-state index contributed by atoms with van der Waals surface area (Å²) < 4.78 is 17.2. The summed E-state index contributed by atoms with van der Waals surface area (Å²) in [5, 5.41) is 4.23. The highest BCUT2D eigenvalue weighted by Crippen LogP contribution is 2.32. The van der Waals surface area contributed by atoms with E-state index in [1.165, 1.54) is 17.5 Å². The van der Waals surface area contributed by atoms with Crippen LogP contribution in [0.2, 0.25) is 0 Å². The Morgan fingerprint density at radius 2 is 2.16 bits per heavy atom. The summed E-state index contributed by atoms with van der Waals surface area (Å²) in [7, 11) is 1.65. The number of aromatic nitrogens is 2. The third-order valence-corrected chi connectivity index (χ3v) is 5.13. The lowest BCUT2D eigenvalue weighted by Crippen LogP contribution is -2.41. The molecule has 0 radical (unpaired) electrons. The van der Waals surface area contributed by atoms with Gasteiger partial charge in [-0.3, -0.25) is 4.79 Å². The Kier molecular flexibility index (Phi) is 4.27. The van der Waals surface area contributed by atoms with Crippen LogP contribution in [0.1, 0.15) is 23.4 Å². The van der Waals surface area contributed by atoms with Crippen LogP contribution in [-0.4, -0.2) is 47.3 Å². The van der Waals surface area contributed by atoms with Gasteiger partial charge in [-0.2, -0.15) is 0 Å². The van der Waals surface area contributed by atoms with Crippen molar-refractivity contribution in [2.45, 2.75) is 18.9 Å². The van der Waals surface area contributed by atoms with Gasteiger partial charge < -0.3 is 18.9 Å². The monoisotopic (exact) mass is 359 g/mol. The molecule has 0 spiro atoms. The second-order valence-corrected chi connectivity index (χ2v) is 6.79. The molecule has 0 aliphatic carbocycles. The lowest BCUT2D eigenvalue weighted by atomic mass is 10.1. The molecule has 0 N–H and O–H groups in total. The summed E-state index contributed by atoms with van der Waals surface area (Å²) in [6, 6.07) is 7.36. The van der Waals surface area contributed by atoms with E-state index in [2.05, 4.69) is 10.1 Å². The molecule has 1 aliphatic rings. The standard InChI is InChI=1S/C17H17N3O4S/c1-22-12-2-3-13-15(10-12)25-17(19-13)23-11-5-8-20(9-6-11)16(21)14-4-7-18-24-14/h2-4,7,10-11H,5-6,8-9H2,1H3. The van der Waals surface area contributed by atoms with Crippen LogP contribution < -0.4 is 9.47 Å². The fourth-order valence-corrected chi connectivity index (χ4v) is 3.77. The molecular weight excluding hydrogens is 342 g/mol. The normalized spacial score (nSPS) is 15.5. The molecule has 0 atom stereocenters. The largest absolute Gasteiger partial charge is 0.497 e. The van der Waals surface area contributed by atoms with Gasteiger partial charge in [0.2, 0.25) is 5.76 Å². The molecule has 4 rings (SSSR count). The molecule has 130 valence electrons. The van der Waals surface area contributed by atoms with Gasteiger partial charge in [0.15, 0.2) is 0 Å². The van der Waals surface area contributed by atoms with Crippen LogP contribution in [0, 0.1) is 0 Å². The minimum atomic E-state index is -0.122. The molecule has 1 saturated heterocycles. The smallest absolute Gasteiger partial charge is 0.292 e. The fourth-order valence-electron chi connectivity index (χ4n) is 2.86. The van der Waals surface area contributed by atoms with Crippen LogP contribution in [0.5, 0.6) is 10.9 Å². The van der Waals surface area contributed by atoms with Crippen LogP contribution in [0.15, 0.2) is 35.0 Å². The van der Waals surface area contributed by atoms with Crippen molar-refractivity contribution in [3.63, 3.8) is 0 Å². The van der Waals surface area contributed by atoms with Crippen LogP contribution in [0.4, 0.5) is 0 Å². The van der Waals surface area contributed by atoms with Gasteiger partial charge in [0.05, 0.1) is 23.5 Å². The van der Waals surface area contributed by atoms with Crippen molar-refractivity contribution in [2.24, 2.45) is 0 Å². The zero-order chi connectivity index (χ0) is 17.2. The topological polar surface area (TPSA) is 77.7 Å². The Labute approximate surface area is 148 Å². The minimum Gasteiger partial charge on any atom is -0.497 e. The lowest BCUT2D eigenvalue weighted by Gasteiger charge is -2.30. The van der Waals surface area contributed by atoms with Crippen LogP contribution in [0.25, 0.3) is 10.2 Å². The third-order valence-electron chi connectivity index (χ3n) is 4.22. The molecule has 2 aromatic heterocycles. The summed E-state index contributed by atoms with van der Waals surface area (Å²) in [5.74, 6) is 0.962. The van der Waals surface area contributed by atoms with Gasteiger partial charge in [0.1, 0.15) is 11.9 Å². The quantitative estimate of drug-likeness (QED) is 0.713. The first kappa shape index (κ1) is 15.9. The Morgan fingerprint density at radius 1 is 1.32 bits per heavy atom. The summed E-state index contributed by atoms with van der Waals surface area (Å²) in [4.78, 5) is 18.5.